The maximum atomic E-state index is 9.68. The third-order valence-corrected chi connectivity index (χ3v) is 4.52. The minimum Gasteiger partial charge on any atom is -0.440 e. The maximum Gasteiger partial charge on any atom is 0.205 e. The van der Waals surface area contributed by atoms with E-state index in [9.17, 15) is 5.26 Å². The lowest BCUT2D eigenvalue weighted by Gasteiger charge is -2.28. The van der Waals surface area contributed by atoms with Crippen molar-refractivity contribution in [1.82, 2.24) is 0 Å². The standard InChI is InChI=1S/C21H16N2O/c1-13-6-8-15(9-7-13)19-17(12-22)21(23)24-18-11-10-14-4-2-3-5-16(14)20(18)19/h2-11,19H,23H2,1H3/t19-/m1/s1. The average Bonchev–Trinajstić information content (AvgIpc) is 2.61. The van der Waals surface area contributed by atoms with Crippen LogP contribution in [-0.2, 0) is 0 Å². The second-order valence-corrected chi connectivity index (χ2v) is 6.03. The molecule has 0 spiro atoms. The molecule has 3 nitrogen and oxygen atoms in total. The van der Waals surface area contributed by atoms with Crippen LogP contribution in [0.5, 0.6) is 5.75 Å². The van der Waals surface area contributed by atoms with Crippen LogP contribution in [0.1, 0.15) is 22.6 Å². The first-order valence-electron chi connectivity index (χ1n) is 7.85. The average molecular weight is 312 g/mol. The van der Waals surface area contributed by atoms with Gasteiger partial charge in [0.1, 0.15) is 17.4 Å². The van der Waals surface area contributed by atoms with Crippen LogP contribution in [0.15, 0.2) is 72.1 Å². The maximum absolute atomic E-state index is 9.68. The number of fused-ring (bicyclic) bond motifs is 3. The number of nitriles is 1. The first-order chi connectivity index (χ1) is 11.7. The molecule has 0 saturated heterocycles. The van der Waals surface area contributed by atoms with E-state index in [1.165, 1.54) is 5.56 Å². The van der Waals surface area contributed by atoms with Gasteiger partial charge in [0.05, 0.1) is 5.92 Å². The largest absolute Gasteiger partial charge is 0.440 e. The highest BCUT2D eigenvalue weighted by Crippen LogP contribution is 2.45. The van der Waals surface area contributed by atoms with Crippen LogP contribution < -0.4 is 10.5 Å². The second kappa shape index (κ2) is 5.43. The molecule has 3 heteroatoms. The Bertz CT molecular complexity index is 1010. The molecule has 0 unspecified atom stereocenters. The zero-order chi connectivity index (χ0) is 16.7. The molecule has 1 aliphatic rings. The fraction of sp³-hybridized carbons (Fsp3) is 0.0952. The number of allylic oxidation sites excluding steroid dienone is 1. The fourth-order valence-electron chi connectivity index (χ4n) is 3.33. The zero-order valence-electron chi connectivity index (χ0n) is 13.3. The van der Waals surface area contributed by atoms with Gasteiger partial charge in [-0.1, -0.05) is 60.2 Å². The Labute approximate surface area is 140 Å². The van der Waals surface area contributed by atoms with Gasteiger partial charge in [-0.15, -0.1) is 0 Å². The van der Waals surface area contributed by atoms with E-state index in [1.807, 2.05) is 31.2 Å². The molecule has 0 fully saturated rings. The number of hydrogen-bond donors (Lipinski definition) is 1. The van der Waals surface area contributed by atoms with Crippen molar-refractivity contribution in [2.45, 2.75) is 12.8 Å². The van der Waals surface area contributed by atoms with Crippen molar-refractivity contribution >= 4 is 10.8 Å². The number of ether oxygens (including phenoxy) is 1. The Kier molecular flexibility index (Phi) is 3.25. The van der Waals surface area contributed by atoms with E-state index in [-0.39, 0.29) is 11.8 Å². The molecule has 3 aromatic carbocycles. The van der Waals surface area contributed by atoms with Crippen molar-refractivity contribution < 1.29 is 4.74 Å². The van der Waals surface area contributed by atoms with Gasteiger partial charge >= 0.3 is 0 Å². The lowest BCUT2D eigenvalue weighted by molar-refractivity contribution is 0.395. The van der Waals surface area contributed by atoms with Crippen molar-refractivity contribution in [1.29, 1.82) is 5.26 Å². The topological polar surface area (TPSA) is 59.0 Å². The minimum absolute atomic E-state index is 0.186. The molecule has 4 rings (SSSR count). The van der Waals surface area contributed by atoms with Gasteiger partial charge in [0.2, 0.25) is 5.88 Å². The molecule has 1 aliphatic heterocycles. The lowest BCUT2D eigenvalue weighted by atomic mass is 9.81. The Morgan fingerprint density at radius 1 is 1.00 bits per heavy atom. The highest BCUT2D eigenvalue weighted by atomic mass is 16.5. The summed E-state index contributed by atoms with van der Waals surface area (Å²) in [5.74, 6) is 0.687. The number of aryl methyl sites for hydroxylation is 1. The van der Waals surface area contributed by atoms with Gasteiger partial charge in [0.25, 0.3) is 0 Å². The Balaban J connectivity index is 2.05. The second-order valence-electron chi connectivity index (χ2n) is 6.03. The van der Waals surface area contributed by atoms with Crippen molar-refractivity contribution in [2.75, 3.05) is 0 Å². The van der Waals surface area contributed by atoms with Crippen LogP contribution >= 0.6 is 0 Å². The first-order valence-corrected chi connectivity index (χ1v) is 7.85. The van der Waals surface area contributed by atoms with E-state index in [0.717, 1.165) is 27.6 Å². The van der Waals surface area contributed by atoms with E-state index >= 15 is 0 Å². The molecule has 1 heterocycles. The zero-order valence-corrected chi connectivity index (χ0v) is 13.3. The van der Waals surface area contributed by atoms with Gasteiger partial charge in [-0.3, -0.25) is 0 Å². The molecule has 0 amide bonds. The van der Waals surface area contributed by atoms with Gasteiger partial charge in [-0.2, -0.15) is 5.26 Å². The quantitative estimate of drug-likeness (QED) is 0.726. The van der Waals surface area contributed by atoms with Crippen LogP contribution in [0, 0.1) is 18.3 Å². The van der Waals surface area contributed by atoms with Gasteiger partial charge in [0.15, 0.2) is 0 Å². The summed E-state index contributed by atoms with van der Waals surface area (Å²) in [7, 11) is 0. The minimum atomic E-state index is -0.217. The Morgan fingerprint density at radius 3 is 2.50 bits per heavy atom. The summed E-state index contributed by atoms with van der Waals surface area (Å²) >= 11 is 0. The third kappa shape index (κ3) is 2.12. The van der Waals surface area contributed by atoms with E-state index in [0.29, 0.717) is 5.57 Å². The summed E-state index contributed by atoms with van der Waals surface area (Å²) in [5, 5.41) is 11.9. The molecule has 0 saturated carbocycles. The van der Waals surface area contributed by atoms with Crippen LogP contribution in [-0.4, -0.2) is 0 Å². The summed E-state index contributed by atoms with van der Waals surface area (Å²) in [6.07, 6.45) is 0. The molecule has 24 heavy (non-hydrogen) atoms. The molecule has 0 bridgehead atoms. The normalized spacial score (nSPS) is 16.4. The number of rotatable bonds is 1. The molecule has 2 N–H and O–H groups in total. The van der Waals surface area contributed by atoms with Gasteiger partial charge in [-0.05, 0) is 29.3 Å². The highest BCUT2D eigenvalue weighted by Gasteiger charge is 2.31. The van der Waals surface area contributed by atoms with E-state index < -0.39 is 0 Å². The number of hydrogen-bond acceptors (Lipinski definition) is 3. The molecule has 1 atom stereocenters. The van der Waals surface area contributed by atoms with Gasteiger partial charge in [0, 0.05) is 5.56 Å². The van der Waals surface area contributed by atoms with Crippen LogP contribution in [0.25, 0.3) is 10.8 Å². The Hall–Kier alpha value is -3.25. The SMILES string of the molecule is Cc1ccc([C@@H]2C(C#N)=C(N)Oc3ccc4ccccc4c32)cc1. The van der Waals surface area contributed by atoms with Gasteiger partial charge < -0.3 is 10.5 Å². The summed E-state index contributed by atoms with van der Waals surface area (Å²) in [5.41, 5.74) is 9.73. The van der Waals surface area contributed by atoms with E-state index in [2.05, 4.69) is 42.5 Å². The van der Waals surface area contributed by atoms with Crippen molar-refractivity contribution in [3.8, 4) is 11.8 Å². The van der Waals surface area contributed by atoms with E-state index in [1.54, 1.807) is 0 Å². The number of nitrogens with zero attached hydrogens (tertiary/aromatic N) is 1. The monoisotopic (exact) mass is 312 g/mol. The van der Waals surface area contributed by atoms with Crippen LogP contribution in [0.4, 0.5) is 0 Å². The molecular weight excluding hydrogens is 296 g/mol. The lowest BCUT2D eigenvalue weighted by Crippen LogP contribution is -2.21. The summed E-state index contributed by atoms with van der Waals surface area (Å²) in [4.78, 5) is 0. The number of benzene rings is 3. The molecule has 0 aliphatic carbocycles. The predicted molar refractivity (Wildman–Crippen MR) is 94.4 cm³/mol. The van der Waals surface area contributed by atoms with Crippen molar-refractivity contribution in [2.24, 2.45) is 5.73 Å². The Morgan fingerprint density at radius 2 is 1.75 bits per heavy atom. The molecule has 0 radical (unpaired) electrons. The smallest absolute Gasteiger partial charge is 0.205 e. The van der Waals surface area contributed by atoms with Gasteiger partial charge in [-0.25, -0.2) is 0 Å². The molecule has 116 valence electrons. The molecular formula is C21H16N2O. The highest BCUT2D eigenvalue weighted by molar-refractivity contribution is 5.90. The third-order valence-electron chi connectivity index (χ3n) is 4.52. The number of nitrogens with two attached hydrogens (primary N) is 1. The predicted octanol–water partition coefficient (Wildman–Crippen LogP) is 4.37. The van der Waals surface area contributed by atoms with Crippen LogP contribution in [0.2, 0.25) is 0 Å². The van der Waals surface area contributed by atoms with E-state index in [4.69, 9.17) is 10.5 Å². The summed E-state index contributed by atoms with van der Waals surface area (Å²) < 4.78 is 5.75. The fourth-order valence-corrected chi connectivity index (χ4v) is 3.33. The molecule has 0 aromatic heterocycles. The van der Waals surface area contributed by atoms with Crippen molar-refractivity contribution in [3.63, 3.8) is 0 Å². The van der Waals surface area contributed by atoms with Crippen molar-refractivity contribution in [3.05, 3.63) is 88.8 Å². The van der Waals surface area contributed by atoms with Crippen LogP contribution in [0.3, 0.4) is 0 Å². The first kappa shape index (κ1) is 14.3. The molecule has 3 aromatic rings. The summed E-state index contributed by atoms with van der Waals surface area (Å²) in [6.45, 7) is 2.05. The summed E-state index contributed by atoms with van der Waals surface area (Å²) in [6, 6.07) is 22.6.